The number of ether oxygens (including phenoxy) is 1. The van der Waals surface area contributed by atoms with Gasteiger partial charge in [-0.1, -0.05) is 11.3 Å². The van der Waals surface area contributed by atoms with Gasteiger partial charge in [0.1, 0.15) is 11.3 Å². The van der Waals surface area contributed by atoms with Gasteiger partial charge in [-0.15, -0.1) is 11.3 Å². The molecule has 0 aliphatic carbocycles. The van der Waals surface area contributed by atoms with Gasteiger partial charge in [0, 0.05) is 19.8 Å². The summed E-state index contributed by atoms with van der Waals surface area (Å²) in [4.78, 5) is 27.3. The maximum Gasteiger partial charge on any atom is 0.267 e. The molecule has 0 aliphatic heterocycles. The Hall–Kier alpha value is -3.08. The van der Waals surface area contributed by atoms with E-state index in [1.165, 1.54) is 22.7 Å². The van der Waals surface area contributed by atoms with Crippen LogP contribution in [0.25, 0.3) is 20.8 Å². The molecule has 0 unspecified atom stereocenters. The topological polar surface area (TPSA) is 101 Å². The van der Waals surface area contributed by atoms with E-state index in [-0.39, 0.29) is 5.91 Å². The highest BCUT2D eigenvalue weighted by Crippen LogP contribution is 2.34. The number of amides is 1. The summed E-state index contributed by atoms with van der Waals surface area (Å²) in [6.07, 6.45) is 1.68. The number of methoxy groups -OCH3 is 1. The number of aromatic nitrogens is 3. The highest BCUT2D eigenvalue weighted by Gasteiger charge is 2.16. The fourth-order valence-corrected chi connectivity index (χ4v) is 4.75. The van der Waals surface area contributed by atoms with Crippen LogP contribution in [0.3, 0.4) is 0 Å². The van der Waals surface area contributed by atoms with Crippen LogP contribution in [0.5, 0.6) is 5.75 Å². The van der Waals surface area contributed by atoms with Crippen molar-refractivity contribution in [2.45, 2.75) is 6.54 Å². The Bertz CT molecular complexity index is 1200. The van der Waals surface area contributed by atoms with Crippen molar-refractivity contribution in [1.82, 2.24) is 20.3 Å². The number of nitrogens with one attached hydrogen (secondary N) is 3. The zero-order valence-corrected chi connectivity index (χ0v) is 18.3. The average Bonchev–Trinajstić information content (AvgIpc) is 3.40. The minimum atomic E-state index is -0.206. The van der Waals surface area contributed by atoms with E-state index in [0.717, 1.165) is 32.9 Å². The number of hydrogen-bond acceptors (Lipinski definition) is 9. The van der Waals surface area contributed by atoms with E-state index in [2.05, 4.69) is 37.0 Å². The zero-order valence-electron chi connectivity index (χ0n) is 16.6. The third-order valence-corrected chi connectivity index (χ3v) is 6.33. The summed E-state index contributed by atoms with van der Waals surface area (Å²) in [7, 11) is 5.28. The van der Waals surface area contributed by atoms with Crippen LogP contribution in [0, 0.1) is 0 Å². The molecule has 0 fully saturated rings. The van der Waals surface area contributed by atoms with E-state index in [9.17, 15) is 4.79 Å². The first-order valence-electron chi connectivity index (χ1n) is 9.15. The summed E-state index contributed by atoms with van der Waals surface area (Å²) in [5.74, 6) is 1.02. The van der Waals surface area contributed by atoms with E-state index < -0.39 is 0 Å². The van der Waals surface area contributed by atoms with Crippen LogP contribution in [-0.2, 0) is 6.54 Å². The number of rotatable bonds is 7. The van der Waals surface area contributed by atoms with Crippen molar-refractivity contribution in [3.8, 4) is 16.3 Å². The summed E-state index contributed by atoms with van der Waals surface area (Å²) in [6, 6.07) is 9.50. The fourth-order valence-electron chi connectivity index (χ4n) is 2.94. The molecule has 1 amide bonds. The highest BCUT2D eigenvalue weighted by atomic mass is 32.1. The van der Waals surface area contributed by atoms with Crippen molar-refractivity contribution in [2.24, 2.45) is 0 Å². The first-order chi connectivity index (χ1) is 14.6. The van der Waals surface area contributed by atoms with Crippen LogP contribution < -0.4 is 20.7 Å². The molecule has 154 valence electrons. The lowest BCUT2D eigenvalue weighted by Gasteiger charge is -2.04. The lowest BCUT2D eigenvalue weighted by Crippen LogP contribution is -2.09. The van der Waals surface area contributed by atoms with E-state index in [1.54, 1.807) is 26.4 Å². The highest BCUT2D eigenvalue weighted by molar-refractivity contribution is 7.22. The largest absolute Gasteiger partial charge is 0.494 e. The normalized spacial score (nSPS) is 10.9. The summed E-state index contributed by atoms with van der Waals surface area (Å²) >= 11 is 2.79. The number of carbonyl (C=O) groups excluding carboxylic acids is 1. The molecule has 3 N–H and O–H groups in total. The smallest absolute Gasteiger partial charge is 0.267 e. The maximum atomic E-state index is 12.8. The van der Waals surface area contributed by atoms with Gasteiger partial charge in [0.05, 0.1) is 27.3 Å². The summed E-state index contributed by atoms with van der Waals surface area (Å²) < 4.78 is 6.44. The van der Waals surface area contributed by atoms with Crippen LogP contribution in [0.1, 0.15) is 15.2 Å². The quantitative estimate of drug-likeness (QED) is 0.401. The monoisotopic (exact) mass is 440 g/mol. The maximum absolute atomic E-state index is 12.8. The lowest BCUT2D eigenvalue weighted by atomic mass is 10.2. The Balaban J connectivity index is 1.56. The number of thiophene rings is 1. The second kappa shape index (κ2) is 8.74. The number of benzene rings is 1. The molecule has 8 nitrogen and oxygen atoms in total. The Labute approximate surface area is 181 Å². The average molecular weight is 441 g/mol. The Morgan fingerprint density at radius 3 is 2.77 bits per heavy atom. The standard InChI is InChI=1S/C20H20N6O2S2/c1-21-10-11-8-13(28-3)17-16(9-11)30-20(25-17)26-18(27)15-5-4-14(29-15)12-6-7-23-19(22-2)24-12/h4-9,21H,10H2,1-3H3,(H,22,23,24)(H,25,26,27). The molecule has 3 heterocycles. The second-order valence-electron chi connectivity index (χ2n) is 6.33. The van der Waals surface area contributed by atoms with Gasteiger partial charge < -0.3 is 15.4 Å². The number of nitrogens with zero attached hydrogens (tertiary/aromatic N) is 3. The minimum absolute atomic E-state index is 0.206. The van der Waals surface area contributed by atoms with Gasteiger partial charge in [-0.25, -0.2) is 15.0 Å². The van der Waals surface area contributed by atoms with Gasteiger partial charge in [-0.2, -0.15) is 0 Å². The van der Waals surface area contributed by atoms with E-state index in [0.29, 0.717) is 21.7 Å². The van der Waals surface area contributed by atoms with E-state index >= 15 is 0 Å². The Morgan fingerprint density at radius 1 is 1.13 bits per heavy atom. The second-order valence-corrected chi connectivity index (χ2v) is 8.44. The molecule has 0 radical (unpaired) electrons. The first kappa shape index (κ1) is 20.2. The molecule has 0 atom stereocenters. The molecule has 0 aliphatic rings. The molecule has 10 heteroatoms. The van der Waals surface area contributed by atoms with Gasteiger partial charge in [-0.3, -0.25) is 10.1 Å². The Morgan fingerprint density at radius 2 is 2.00 bits per heavy atom. The summed E-state index contributed by atoms with van der Waals surface area (Å²) in [6.45, 7) is 0.724. The number of carbonyl (C=O) groups is 1. The van der Waals surface area contributed by atoms with Gasteiger partial charge in [-0.05, 0) is 42.9 Å². The van der Waals surface area contributed by atoms with Gasteiger partial charge in [0.25, 0.3) is 5.91 Å². The van der Waals surface area contributed by atoms with Crippen LogP contribution in [-0.4, -0.2) is 42.1 Å². The molecular weight excluding hydrogens is 420 g/mol. The minimum Gasteiger partial charge on any atom is -0.494 e. The summed E-state index contributed by atoms with van der Waals surface area (Å²) in [5, 5.41) is 9.48. The van der Waals surface area contributed by atoms with E-state index in [4.69, 9.17) is 4.74 Å². The molecule has 0 bridgehead atoms. The SMILES string of the molecule is CNCc1cc(OC)c2nc(NC(=O)c3ccc(-c4ccnc(NC)n4)s3)sc2c1. The molecule has 0 saturated heterocycles. The lowest BCUT2D eigenvalue weighted by molar-refractivity contribution is 0.103. The zero-order chi connectivity index (χ0) is 21.1. The van der Waals surface area contributed by atoms with Gasteiger partial charge >= 0.3 is 0 Å². The third-order valence-electron chi connectivity index (χ3n) is 4.30. The Kier molecular flexibility index (Phi) is 5.88. The number of fused-ring (bicyclic) bond motifs is 1. The van der Waals surface area contributed by atoms with Crippen molar-refractivity contribution >= 4 is 49.9 Å². The van der Waals surface area contributed by atoms with Crippen LogP contribution in [0.15, 0.2) is 36.5 Å². The van der Waals surface area contributed by atoms with Crippen LogP contribution >= 0.6 is 22.7 Å². The molecule has 1 aromatic carbocycles. The van der Waals surface area contributed by atoms with Crippen molar-refractivity contribution in [2.75, 3.05) is 31.8 Å². The van der Waals surface area contributed by atoms with Gasteiger partial charge in [0.15, 0.2) is 5.13 Å². The van der Waals surface area contributed by atoms with Crippen molar-refractivity contribution < 1.29 is 9.53 Å². The molecule has 30 heavy (non-hydrogen) atoms. The van der Waals surface area contributed by atoms with E-state index in [1.807, 2.05) is 25.2 Å². The van der Waals surface area contributed by atoms with Crippen molar-refractivity contribution in [1.29, 1.82) is 0 Å². The molecule has 0 spiro atoms. The molecule has 4 aromatic rings. The molecule has 0 saturated carbocycles. The molecule has 3 aromatic heterocycles. The predicted octanol–water partition coefficient (Wildman–Crippen LogP) is 3.84. The van der Waals surface area contributed by atoms with Crippen LogP contribution in [0.2, 0.25) is 0 Å². The fraction of sp³-hybridized carbons (Fsp3) is 0.200. The van der Waals surface area contributed by atoms with Gasteiger partial charge in [0.2, 0.25) is 5.95 Å². The number of anilines is 2. The molecule has 4 rings (SSSR count). The third kappa shape index (κ3) is 4.11. The predicted molar refractivity (Wildman–Crippen MR) is 122 cm³/mol. The first-order valence-corrected chi connectivity index (χ1v) is 10.8. The number of hydrogen-bond donors (Lipinski definition) is 3. The summed E-state index contributed by atoms with van der Waals surface area (Å²) in [5.41, 5.74) is 2.60. The van der Waals surface area contributed by atoms with Crippen molar-refractivity contribution in [3.63, 3.8) is 0 Å². The van der Waals surface area contributed by atoms with Crippen LogP contribution in [0.4, 0.5) is 11.1 Å². The van der Waals surface area contributed by atoms with Crippen molar-refractivity contribution in [3.05, 3.63) is 47.0 Å². The number of thiazole rings is 1. The molecular formula is C20H20N6O2S2.